The zero-order valence-corrected chi connectivity index (χ0v) is 12.2. The molecule has 2 unspecified atom stereocenters. The number of nitrogen functional groups attached to an aromatic ring is 1. The van der Waals surface area contributed by atoms with Crippen molar-refractivity contribution in [3.8, 4) is 6.07 Å². The molecule has 4 heteroatoms. The van der Waals surface area contributed by atoms with Crippen LogP contribution in [0.1, 0.15) is 31.2 Å². The van der Waals surface area contributed by atoms with E-state index in [4.69, 9.17) is 11.0 Å². The first-order valence-corrected chi connectivity index (χ1v) is 8.08. The molecule has 1 aromatic rings. The molecular formula is C15H21N3S. The van der Waals surface area contributed by atoms with Crippen LogP contribution in [0.5, 0.6) is 0 Å². The number of rotatable bonds is 4. The number of hydrogen-bond donors (Lipinski definition) is 2. The second kappa shape index (κ2) is 6.72. The van der Waals surface area contributed by atoms with Crippen molar-refractivity contribution in [3.63, 3.8) is 0 Å². The standard InChI is InChI=1S/C15H21N3S/c1-19-15-5-3-2-4-14(15)18-12-6-7-13(17)11(10-12)8-9-16/h6-7,10,14-15,18H,2-5,8,17H2,1H3. The van der Waals surface area contributed by atoms with E-state index in [0.717, 1.165) is 11.3 Å². The SMILES string of the molecule is CSC1CCCCC1Nc1ccc(N)c(CC#N)c1. The van der Waals surface area contributed by atoms with Crippen molar-refractivity contribution < 1.29 is 0 Å². The number of nitrogens with two attached hydrogens (primary N) is 1. The highest BCUT2D eigenvalue weighted by Crippen LogP contribution is 2.30. The Bertz CT molecular complexity index is 467. The van der Waals surface area contributed by atoms with Crippen LogP contribution in [-0.2, 0) is 6.42 Å². The molecule has 3 N–H and O–H groups in total. The summed E-state index contributed by atoms with van der Waals surface area (Å²) in [6.07, 6.45) is 7.72. The molecule has 1 aliphatic rings. The molecule has 1 aromatic carbocycles. The van der Waals surface area contributed by atoms with Crippen LogP contribution < -0.4 is 11.1 Å². The summed E-state index contributed by atoms with van der Waals surface area (Å²) in [5.74, 6) is 0. The predicted octanol–water partition coefficient (Wildman–Crippen LogP) is 3.42. The lowest BCUT2D eigenvalue weighted by molar-refractivity contribution is 0.475. The molecule has 1 fully saturated rings. The Morgan fingerprint density at radius 2 is 2.21 bits per heavy atom. The lowest BCUT2D eigenvalue weighted by Gasteiger charge is -2.31. The highest BCUT2D eigenvalue weighted by molar-refractivity contribution is 7.99. The molecular weight excluding hydrogens is 254 g/mol. The van der Waals surface area contributed by atoms with Gasteiger partial charge < -0.3 is 11.1 Å². The minimum atomic E-state index is 0.373. The van der Waals surface area contributed by atoms with Crippen molar-refractivity contribution in [1.82, 2.24) is 0 Å². The van der Waals surface area contributed by atoms with Gasteiger partial charge in [0.15, 0.2) is 0 Å². The Balaban J connectivity index is 2.09. The van der Waals surface area contributed by atoms with Crippen LogP contribution in [-0.4, -0.2) is 17.5 Å². The van der Waals surface area contributed by atoms with Gasteiger partial charge in [0.05, 0.1) is 12.5 Å². The van der Waals surface area contributed by atoms with Crippen LogP contribution in [0.3, 0.4) is 0 Å². The van der Waals surface area contributed by atoms with E-state index in [1.165, 1.54) is 25.7 Å². The Labute approximate surface area is 119 Å². The van der Waals surface area contributed by atoms with Gasteiger partial charge >= 0.3 is 0 Å². The summed E-state index contributed by atoms with van der Waals surface area (Å²) < 4.78 is 0. The van der Waals surface area contributed by atoms with Gasteiger partial charge in [0.2, 0.25) is 0 Å². The van der Waals surface area contributed by atoms with E-state index < -0.39 is 0 Å². The highest BCUT2D eigenvalue weighted by atomic mass is 32.2. The largest absolute Gasteiger partial charge is 0.398 e. The van der Waals surface area contributed by atoms with Gasteiger partial charge in [-0.2, -0.15) is 17.0 Å². The van der Waals surface area contributed by atoms with Crippen molar-refractivity contribution in [2.24, 2.45) is 0 Å². The van der Waals surface area contributed by atoms with Crippen molar-refractivity contribution in [3.05, 3.63) is 23.8 Å². The third-order valence-corrected chi connectivity index (χ3v) is 4.94. The van der Waals surface area contributed by atoms with Crippen LogP contribution in [0.15, 0.2) is 18.2 Å². The van der Waals surface area contributed by atoms with Crippen molar-refractivity contribution in [2.75, 3.05) is 17.3 Å². The fraction of sp³-hybridized carbons (Fsp3) is 0.533. The van der Waals surface area contributed by atoms with Gasteiger partial charge in [-0.15, -0.1) is 0 Å². The zero-order valence-electron chi connectivity index (χ0n) is 11.4. The topological polar surface area (TPSA) is 61.8 Å². The Morgan fingerprint density at radius 3 is 2.95 bits per heavy atom. The molecule has 3 nitrogen and oxygen atoms in total. The number of thioether (sulfide) groups is 1. The van der Waals surface area contributed by atoms with Gasteiger partial charge in [0.1, 0.15) is 0 Å². The smallest absolute Gasteiger partial charge is 0.0670 e. The van der Waals surface area contributed by atoms with Gasteiger partial charge in [-0.05, 0) is 42.9 Å². The fourth-order valence-electron chi connectivity index (χ4n) is 2.69. The molecule has 1 saturated carbocycles. The second-order valence-electron chi connectivity index (χ2n) is 5.06. The maximum atomic E-state index is 8.81. The quantitative estimate of drug-likeness (QED) is 0.827. The van der Waals surface area contributed by atoms with E-state index in [2.05, 4.69) is 17.6 Å². The van der Waals surface area contributed by atoms with Crippen LogP contribution in [0.2, 0.25) is 0 Å². The minimum absolute atomic E-state index is 0.373. The maximum Gasteiger partial charge on any atom is 0.0670 e. The first-order valence-electron chi connectivity index (χ1n) is 6.79. The highest BCUT2D eigenvalue weighted by Gasteiger charge is 2.24. The number of benzene rings is 1. The monoisotopic (exact) mass is 275 g/mol. The number of nitrogens with one attached hydrogen (secondary N) is 1. The van der Waals surface area contributed by atoms with Crippen molar-refractivity contribution >= 4 is 23.1 Å². The summed E-state index contributed by atoms with van der Waals surface area (Å²) in [7, 11) is 0. The first kappa shape index (κ1) is 14.1. The third kappa shape index (κ3) is 3.57. The Kier molecular flexibility index (Phi) is 4.98. The van der Waals surface area contributed by atoms with E-state index in [1.807, 2.05) is 30.0 Å². The van der Waals surface area contributed by atoms with E-state index in [-0.39, 0.29) is 0 Å². The van der Waals surface area contributed by atoms with Gasteiger partial charge in [0.25, 0.3) is 0 Å². The van der Waals surface area contributed by atoms with Crippen molar-refractivity contribution in [1.29, 1.82) is 5.26 Å². The predicted molar refractivity (Wildman–Crippen MR) is 83.4 cm³/mol. The average molecular weight is 275 g/mol. The van der Waals surface area contributed by atoms with Gasteiger partial charge in [0, 0.05) is 22.7 Å². The number of hydrogen-bond acceptors (Lipinski definition) is 4. The molecule has 0 aliphatic heterocycles. The molecule has 0 spiro atoms. The number of nitriles is 1. The van der Waals surface area contributed by atoms with Crippen molar-refractivity contribution in [2.45, 2.75) is 43.4 Å². The van der Waals surface area contributed by atoms with E-state index in [1.54, 1.807) is 0 Å². The third-order valence-electron chi connectivity index (χ3n) is 3.77. The summed E-state index contributed by atoms with van der Waals surface area (Å²) in [5.41, 5.74) is 8.59. The molecule has 0 amide bonds. The Morgan fingerprint density at radius 1 is 1.42 bits per heavy atom. The minimum Gasteiger partial charge on any atom is -0.398 e. The number of anilines is 2. The fourth-order valence-corrected chi connectivity index (χ4v) is 3.63. The van der Waals surface area contributed by atoms with Crippen LogP contribution in [0.25, 0.3) is 0 Å². The maximum absolute atomic E-state index is 8.81. The van der Waals surface area contributed by atoms with Crippen LogP contribution in [0.4, 0.5) is 11.4 Å². The zero-order chi connectivity index (χ0) is 13.7. The summed E-state index contributed by atoms with van der Waals surface area (Å²) in [4.78, 5) is 0. The molecule has 1 aliphatic carbocycles. The average Bonchev–Trinajstić information content (AvgIpc) is 2.43. The molecule has 2 rings (SSSR count). The molecule has 19 heavy (non-hydrogen) atoms. The summed E-state index contributed by atoms with van der Waals surface area (Å²) in [6.45, 7) is 0. The van der Waals surface area contributed by atoms with E-state index >= 15 is 0 Å². The van der Waals surface area contributed by atoms with Gasteiger partial charge in [-0.25, -0.2) is 0 Å². The van der Waals surface area contributed by atoms with Gasteiger partial charge in [-0.3, -0.25) is 0 Å². The second-order valence-corrected chi connectivity index (χ2v) is 6.13. The molecule has 0 bridgehead atoms. The number of nitrogens with zero attached hydrogens (tertiary/aromatic N) is 1. The summed E-state index contributed by atoms with van der Waals surface area (Å²) in [6, 6.07) is 8.62. The van der Waals surface area contributed by atoms with Crippen LogP contribution >= 0.6 is 11.8 Å². The molecule has 0 aromatic heterocycles. The lowest BCUT2D eigenvalue weighted by Crippen LogP contribution is -2.34. The lowest BCUT2D eigenvalue weighted by atomic mass is 9.94. The first-order chi connectivity index (χ1) is 9.24. The van der Waals surface area contributed by atoms with Crippen LogP contribution in [0, 0.1) is 11.3 Å². The molecule has 0 saturated heterocycles. The summed E-state index contributed by atoms with van der Waals surface area (Å²) >= 11 is 1.95. The molecule has 0 heterocycles. The molecule has 0 radical (unpaired) electrons. The van der Waals surface area contributed by atoms with E-state index in [9.17, 15) is 0 Å². The van der Waals surface area contributed by atoms with E-state index in [0.29, 0.717) is 23.4 Å². The molecule has 102 valence electrons. The summed E-state index contributed by atoms with van der Waals surface area (Å²) in [5, 5.41) is 13.1. The molecule has 2 atom stereocenters. The van der Waals surface area contributed by atoms with Gasteiger partial charge in [-0.1, -0.05) is 12.8 Å². The normalized spacial score (nSPS) is 22.7. The Hall–Kier alpha value is -1.34.